The van der Waals surface area contributed by atoms with Crippen molar-refractivity contribution in [2.45, 2.75) is 45.7 Å². The van der Waals surface area contributed by atoms with Gasteiger partial charge in [-0.15, -0.1) is 0 Å². The molecule has 0 unspecified atom stereocenters. The largest absolute Gasteiger partial charge is 0.454 e. The maximum absolute atomic E-state index is 12.4. The normalized spacial score (nSPS) is 23.4. The van der Waals surface area contributed by atoms with Crippen molar-refractivity contribution >= 4 is 11.6 Å². The number of carbonyl (C=O) groups is 1. The summed E-state index contributed by atoms with van der Waals surface area (Å²) in [6.45, 7) is 4.63. The monoisotopic (exact) mass is 346 g/mol. The zero-order valence-corrected chi connectivity index (χ0v) is 14.3. The molecule has 3 atom stereocenters. The van der Waals surface area contributed by atoms with E-state index in [2.05, 4.69) is 24.3 Å². The van der Waals surface area contributed by atoms with Crippen molar-refractivity contribution in [1.29, 1.82) is 0 Å². The van der Waals surface area contributed by atoms with Crippen LogP contribution in [0.4, 0.5) is 5.69 Å². The van der Waals surface area contributed by atoms with Crippen molar-refractivity contribution < 1.29 is 14.1 Å². The standard InChI is InChI=1S/C17H22N4O4/c1-11-4-3-5-15(12(11)2)19-17(22)16-7-6-14(25-16)10-20-9-13(8-18-20)21(23)24/h6-9,11-12,15H,3-5,10H2,1-2H3,(H,19,22)/t11-,12-,15-/m1/s1. The number of hydrogen-bond donors (Lipinski definition) is 1. The Kier molecular flexibility index (Phi) is 4.87. The first-order valence-corrected chi connectivity index (χ1v) is 8.50. The topological polar surface area (TPSA) is 103 Å². The second kappa shape index (κ2) is 7.08. The van der Waals surface area contributed by atoms with Crippen molar-refractivity contribution in [2.24, 2.45) is 11.8 Å². The summed E-state index contributed by atoms with van der Waals surface area (Å²) in [7, 11) is 0. The van der Waals surface area contributed by atoms with E-state index in [1.807, 2.05) is 0 Å². The third-order valence-corrected chi connectivity index (χ3v) is 5.06. The molecule has 1 N–H and O–H groups in total. The number of aromatic nitrogens is 2. The van der Waals surface area contributed by atoms with Crippen LogP contribution in [0.25, 0.3) is 0 Å². The van der Waals surface area contributed by atoms with Crippen LogP contribution in [0, 0.1) is 22.0 Å². The van der Waals surface area contributed by atoms with Gasteiger partial charge in [0.25, 0.3) is 5.91 Å². The molecule has 0 radical (unpaired) electrons. The lowest BCUT2D eigenvalue weighted by Crippen LogP contribution is -2.43. The molecule has 8 heteroatoms. The Labute approximate surface area is 145 Å². The molecule has 25 heavy (non-hydrogen) atoms. The van der Waals surface area contributed by atoms with Crippen LogP contribution >= 0.6 is 0 Å². The third kappa shape index (κ3) is 3.89. The molecule has 0 aromatic carbocycles. The molecular formula is C17H22N4O4. The Bertz CT molecular complexity index is 766. The molecule has 1 saturated carbocycles. The zero-order valence-electron chi connectivity index (χ0n) is 14.3. The number of nitrogens with one attached hydrogen (secondary N) is 1. The quantitative estimate of drug-likeness (QED) is 0.662. The first kappa shape index (κ1) is 17.2. The van der Waals surface area contributed by atoms with Gasteiger partial charge in [-0.05, 0) is 30.4 Å². The predicted octanol–water partition coefficient (Wildman–Crippen LogP) is 2.99. The van der Waals surface area contributed by atoms with Crippen molar-refractivity contribution in [3.05, 3.63) is 46.2 Å². The molecule has 2 aromatic rings. The minimum absolute atomic E-state index is 0.0788. The van der Waals surface area contributed by atoms with E-state index in [0.717, 1.165) is 12.8 Å². The van der Waals surface area contributed by atoms with E-state index in [4.69, 9.17) is 4.42 Å². The molecule has 1 aliphatic rings. The molecular weight excluding hydrogens is 324 g/mol. The highest BCUT2D eigenvalue weighted by molar-refractivity contribution is 5.91. The maximum Gasteiger partial charge on any atom is 0.307 e. The smallest absolute Gasteiger partial charge is 0.307 e. The van der Waals surface area contributed by atoms with Gasteiger partial charge in [0, 0.05) is 6.04 Å². The van der Waals surface area contributed by atoms with Gasteiger partial charge in [0.1, 0.15) is 18.2 Å². The number of nitrogens with zero attached hydrogens (tertiary/aromatic N) is 3. The molecule has 0 spiro atoms. The number of amides is 1. The van der Waals surface area contributed by atoms with E-state index in [-0.39, 0.29) is 29.9 Å². The minimum atomic E-state index is -0.503. The summed E-state index contributed by atoms with van der Waals surface area (Å²) in [5.41, 5.74) is -0.0788. The van der Waals surface area contributed by atoms with Gasteiger partial charge in [0.2, 0.25) is 0 Å². The average molecular weight is 346 g/mol. The van der Waals surface area contributed by atoms with Crippen molar-refractivity contribution in [2.75, 3.05) is 0 Å². The highest BCUT2D eigenvalue weighted by Crippen LogP contribution is 2.29. The molecule has 1 fully saturated rings. The van der Waals surface area contributed by atoms with Gasteiger partial charge in [-0.25, -0.2) is 0 Å². The first-order chi connectivity index (χ1) is 11.9. The molecule has 8 nitrogen and oxygen atoms in total. The molecule has 134 valence electrons. The van der Waals surface area contributed by atoms with Crippen LogP contribution < -0.4 is 5.32 Å². The van der Waals surface area contributed by atoms with E-state index in [1.54, 1.807) is 12.1 Å². The van der Waals surface area contributed by atoms with E-state index >= 15 is 0 Å². The van der Waals surface area contributed by atoms with Crippen LogP contribution in [0.5, 0.6) is 0 Å². The Balaban J connectivity index is 1.62. The molecule has 2 aromatic heterocycles. The molecule has 3 rings (SSSR count). The first-order valence-electron chi connectivity index (χ1n) is 8.50. The van der Waals surface area contributed by atoms with Gasteiger partial charge in [-0.1, -0.05) is 26.7 Å². The number of carbonyl (C=O) groups excluding carboxylic acids is 1. The second-order valence-electron chi connectivity index (χ2n) is 6.77. The van der Waals surface area contributed by atoms with Gasteiger partial charge < -0.3 is 9.73 Å². The highest BCUT2D eigenvalue weighted by atomic mass is 16.6. The zero-order chi connectivity index (χ0) is 18.0. The summed E-state index contributed by atoms with van der Waals surface area (Å²) in [6, 6.07) is 3.48. The third-order valence-electron chi connectivity index (χ3n) is 5.06. The molecule has 0 saturated heterocycles. The maximum atomic E-state index is 12.4. The number of rotatable bonds is 5. The summed E-state index contributed by atoms with van der Waals surface area (Å²) in [6.07, 6.45) is 5.82. The van der Waals surface area contributed by atoms with Crippen molar-refractivity contribution in [3.8, 4) is 0 Å². The summed E-state index contributed by atoms with van der Waals surface area (Å²) in [5.74, 6) is 1.59. The lowest BCUT2D eigenvalue weighted by atomic mass is 9.78. The highest BCUT2D eigenvalue weighted by Gasteiger charge is 2.29. The van der Waals surface area contributed by atoms with Crippen LogP contribution in [-0.2, 0) is 6.54 Å². The van der Waals surface area contributed by atoms with E-state index in [0.29, 0.717) is 17.6 Å². The lowest BCUT2D eigenvalue weighted by molar-refractivity contribution is -0.385. The SMILES string of the molecule is C[C@@H]1[C@H](C)CCC[C@H]1NC(=O)c1ccc(Cn2cc([N+](=O)[O-])cn2)o1. The Morgan fingerprint density at radius 2 is 2.24 bits per heavy atom. The summed E-state index contributed by atoms with van der Waals surface area (Å²) >= 11 is 0. The number of nitro groups is 1. The molecule has 1 amide bonds. The Morgan fingerprint density at radius 1 is 1.44 bits per heavy atom. The number of furan rings is 1. The van der Waals surface area contributed by atoms with Gasteiger partial charge >= 0.3 is 5.69 Å². The summed E-state index contributed by atoms with van der Waals surface area (Å²) < 4.78 is 6.99. The molecule has 1 aliphatic carbocycles. The van der Waals surface area contributed by atoms with Gasteiger partial charge in [-0.2, -0.15) is 5.10 Å². The predicted molar refractivity (Wildman–Crippen MR) is 90.1 cm³/mol. The van der Waals surface area contributed by atoms with Gasteiger partial charge in [-0.3, -0.25) is 19.6 Å². The van der Waals surface area contributed by atoms with E-state index in [9.17, 15) is 14.9 Å². The summed E-state index contributed by atoms with van der Waals surface area (Å²) in [5, 5.41) is 17.7. The second-order valence-corrected chi connectivity index (χ2v) is 6.77. The Hall–Kier alpha value is -2.64. The fourth-order valence-corrected chi connectivity index (χ4v) is 3.30. The van der Waals surface area contributed by atoms with E-state index in [1.165, 1.54) is 23.5 Å². The van der Waals surface area contributed by atoms with Crippen LogP contribution in [0.2, 0.25) is 0 Å². The van der Waals surface area contributed by atoms with Crippen LogP contribution in [0.15, 0.2) is 28.9 Å². The van der Waals surface area contributed by atoms with Crippen molar-refractivity contribution in [1.82, 2.24) is 15.1 Å². The lowest BCUT2D eigenvalue weighted by Gasteiger charge is -2.34. The fourth-order valence-electron chi connectivity index (χ4n) is 3.30. The van der Waals surface area contributed by atoms with Gasteiger partial charge in [0.15, 0.2) is 5.76 Å². The number of hydrogen-bond acceptors (Lipinski definition) is 5. The molecule has 0 bridgehead atoms. The molecule has 2 heterocycles. The average Bonchev–Trinajstić information content (AvgIpc) is 3.22. The minimum Gasteiger partial charge on any atom is -0.454 e. The molecule has 0 aliphatic heterocycles. The van der Waals surface area contributed by atoms with Crippen molar-refractivity contribution in [3.63, 3.8) is 0 Å². The van der Waals surface area contributed by atoms with Crippen LogP contribution in [0.3, 0.4) is 0 Å². The van der Waals surface area contributed by atoms with E-state index < -0.39 is 4.92 Å². The fraction of sp³-hybridized carbons (Fsp3) is 0.529. The van der Waals surface area contributed by atoms with Crippen LogP contribution in [0.1, 0.15) is 49.4 Å². The Morgan fingerprint density at radius 3 is 2.96 bits per heavy atom. The van der Waals surface area contributed by atoms with Crippen LogP contribution in [-0.4, -0.2) is 26.7 Å². The summed E-state index contributed by atoms with van der Waals surface area (Å²) in [4.78, 5) is 22.6. The van der Waals surface area contributed by atoms with Gasteiger partial charge in [0.05, 0.1) is 11.5 Å².